The fourth-order valence-electron chi connectivity index (χ4n) is 2.12. The highest BCUT2D eigenvalue weighted by atomic mass is 79.9. The summed E-state index contributed by atoms with van der Waals surface area (Å²) in [7, 11) is 0. The number of aryl methyl sites for hydroxylation is 2. The maximum atomic E-state index is 5.93. The van der Waals surface area contributed by atoms with E-state index in [1.54, 1.807) is 0 Å². The quantitative estimate of drug-likeness (QED) is 0.792. The van der Waals surface area contributed by atoms with Gasteiger partial charge in [-0.15, -0.1) is 0 Å². The van der Waals surface area contributed by atoms with Crippen molar-refractivity contribution in [2.24, 2.45) is 0 Å². The van der Waals surface area contributed by atoms with E-state index in [-0.39, 0.29) is 0 Å². The third-order valence-electron chi connectivity index (χ3n) is 3.35. The van der Waals surface area contributed by atoms with Gasteiger partial charge in [-0.05, 0) is 53.4 Å². The Kier molecular flexibility index (Phi) is 4.86. The molecule has 0 fully saturated rings. The van der Waals surface area contributed by atoms with Gasteiger partial charge in [0.15, 0.2) is 0 Å². The number of hydrogen-bond acceptors (Lipinski definition) is 2. The molecule has 0 spiro atoms. The van der Waals surface area contributed by atoms with Gasteiger partial charge in [0, 0.05) is 6.54 Å². The zero-order valence-electron chi connectivity index (χ0n) is 12.5. The summed E-state index contributed by atoms with van der Waals surface area (Å²) in [6.45, 7) is 9.82. The van der Waals surface area contributed by atoms with Crippen LogP contribution in [0.15, 0.2) is 28.7 Å². The van der Waals surface area contributed by atoms with Crippen molar-refractivity contribution in [3.8, 4) is 5.75 Å². The van der Waals surface area contributed by atoms with Gasteiger partial charge < -0.3 is 4.74 Å². The molecular formula is C16H21BrN2O. The zero-order chi connectivity index (χ0) is 14.7. The summed E-state index contributed by atoms with van der Waals surface area (Å²) in [5.41, 5.74) is 3.38. The van der Waals surface area contributed by atoms with E-state index in [0.717, 1.165) is 28.2 Å². The maximum absolute atomic E-state index is 5.93. The minimum Gasteiger partial charge on any atom is -0.487 e. The molecule has 108 valence electrons. The lowest BCUT2D eigenvalue weighted by Crippen LogP contribution is -2.06. The van der Waals surface area contributed by atoms with E-state index in [0.29, 0.717) is 12.5 Å². The molecule has 1 aromatic carbocycles. The highest BCUT2D eigenvalue weighted by Crippen LogP contribution is 2.24. The van der Waals surface area contributed by atoms with Crippen molar-refractivity contribution in [1.29, 1.82) is 0 Å². The van der Waals surface area contributed by atoms with E-state index < -0.39 is 0 Å². The number of nitrogens with zero attached hydrogens (tertiary/aromatic N) is 2. The molecule has 0 aliphatic carbocycles. The van der Waals surface area contributed by atoms with Crippen LogP contribution in [0.25, 0.3) is 0 Å². The fourth-order valence-corrected chi connectivity index (χ4v) is 2.52. The van der Waals surface area contributed by atoms with Crippen molar-refractivity contribution in [2.45, 2.75) is 46.8 Å². The van der Waals surface area contributed by atoms with E-state index in [1.807, 2.05) is 23.7 Å². The lowest BCUT2D eigenvalue weighted by Gasteiger charge is -2.11. The topological polar surface area (TPSA) is 27.1 Å². The van der Waals surface area contributed by atoms with Gasteiger partial charge in [0.2, 0.25) is 0 Å². The molecule has 0 bridgehead atoms. The molecule has 0 radical (unpaired) electrons. The van der Waals surface area contributed by atoms with Crippen LogP contribution in [0.1, 0.15) is 43.6 Å². The summed E-state index contributed by atoms with van der Waals surface area (Å²) >= 11 is 3.59. The van der Waals surface area contributed by atoms with Gasteiger partial charge in [0.05, 0.1) is 15.9 Å². The Hall–Kier alpha value is -1.29. The van der Waals surface area contributed by atoms with E-state index in [1.165, 1.54) is 5.56 Å². The Balaban J connectivity index is 2.15. The molecule has 0 saturated carbocycles. The van der Waals surface area contributed by atoms with E-state index in [4.69, 9.17) is 4.74 Å². The van der Waals surface area contributed by atoms with Crippen LogP contribution in [0, 0.1) is 6.92 Å². The Morgan fingerprint density at radius 2 is 2.10 bits per heavy atom. The third kappa shape index (κ3) is 3.23. The standard InChI is InChI=1S/C16H21BrN2O/c1-5-19-15(16(17)12(4)18-19)10-20-14-8-6-7-13(9-14)11(2)3/h6-9,11H,5,10H2,1-4H3. The Morgan fingerprint density at radius 3 is 2.75 bits per heavy atom. The van der Waals surface area contributed by atoms with E-state index >= 15 is 0 Å². The smallest absolute Gasteiger partial charge is 0.131 e. The van der Waals surface area contributed by atoms with Crippen LogP contribution in [-0.4, -0.2) is 9.78 Å². The van der Waals surface area contributed by atoms with Gasteiger partial charge in [-0.25, -0.2) is 0 Å². The molecule has 0 amide bonds. The van der Waals surface area contributed by atoms with Gasteiger partial charge in [-0.3, -0.25) is 4.68 Å². The average molecular weight is 337 g/mol. The second kappa shape index (κ2) is 6.44. The number of ether oxygens (including phenoxy) is 1. The highest BCUT2D eigenvalue weighted by molar-refractivity contribution is 9.10. The summed E-state index contributed by atoms with van der Waals surface area (Å²) in [5, 5.41) is 4.48. The van der Waals surface area contributed by atoms with Gasteiger partial charge in [0.25, 0.3) is 0 Å². The van der Waals surface area contributed by atoms with Crippen molar-refractivity contribution in [1.82, 2.24) is 9.78 Å². The molecule has 3 nitrogen and oxygen atoms in total. The number of hydrogen-bond donors (Lipinski definition) is 0. The van der Waals surface area contributed by atoms with E-state index in [2.05, 4.69) is 53.9 Å². The molecule has 0 unspecified atom stereocenters. The third-order valence-corrected chi connectivity index (χ3v) is 4.38. The van der Waals surface area contributed by atoms with Crippen molar-refractivity contribution in [2.75, 3.05) is 0 Å². The first-order chi connectivity index (χ1) is 9.52. The van der Waals surface area contributed by atoms with Gasteiger partial charge in [-0.2, -0.15) is 5.10 Å². The van der Waals surface area contributed by atoms with Crippen molar-refractivity contribution < 1.29 is 4.74 Å². The SMILES string of the molecule is CCn1nc(C)c(Br)c1COc1cccc(C(C)C)c1. The Bertz CT molecular complexity index is 590. The Morgan fingerprint density at radius 1 is 1.35 bits per heavy atom. The molecule has 0 N–H and O–H groups in total. The first-order valence-electron chi connectivity index (χ1n) is 6.97. The van der Waals surface area contributed by atoms with Gasteiger partial charge in [0.1, 0.15) is 12.4 Å². The second-order valence-electron chi connectivity index (χ2n) is 5.18. The fraction of sp³-hybridized carbons (Fsp3) is 0.438. The highest BCUT2D eigenvalue weighted by Gasteiger charge is 2.12. The molecule has 4 heteroatoms. The predicted octanol–water partition coefficient (Wildman–Crippen LogP) is 4.68. The summed E-state index contributed by atoms with van der Waals surface area (Å²) < 4.78 is 8.95. The molecule has 1 aromatic heterocycles. The van der Waals surface area contributed by atoms with Crippen LogP contribution in [0.4, 0.5) is 0 Å². The molecule has 0 saturated heterocycles. The first kappa shape index (κ1) is 15.1. The molecule has 2 aromatic rings. The molecule has 20 heavy (non-hydrogen) atoms. The van der Waals surface area contributed by atoms with Crippen LogP contribution in [-0.2, 0) is 13.2 Å². The average Bonchev–Trinajstić information content (AvgIpc) is 2.72. The van der Waals surface area contributed by atoms with Crippen LogP contribution in [0.2, 0.25) is 0 Å². The maximum Gasteiger partial charge on any atom is 0.131 e. The predicted molar refractivity (Wildman–Crippen MR) is 85.2 cm³/mol. The van der Waals surface area contributed by atoms with Gasteiger partial charge >= 0.3 is 0 Å². The molecule has 2 rings (SSSR count). The molecule has 0 aliphatic rings. The van der Waals surface area contributed by atoms with Gasteiger partial charge in [-0.1, -0.05) is 26.0 Å². The second-order valence-corrected chi connectivity index (χ2v) is 5.97. The molecule has 0 aliphatic heterocycles. The summed E-state index contributed by atoms with van der Waals surface area (Å²) in [5.74, 6) is 1.42. The summed E-state index contributed by atoms with van der Waals surface area (Å²) in [4.78, 5) is 0. The van der Waals surface area contributed by atoms with Crippen molar-refractivity contribution in [3.63, 3.8) is 0 Å². The summed E-state index contributed by atoms with van der Waals surface area (Å²) in [6, 6.07) is 8.29. The minimum absolute atomic E-state index is 0.508. The number of halogens is 1. The normalized spacial score (nSPS) is 11.1. The van der Waals surface area contributed by atoms with Crippen molar-refractivity contribution >= 4 is 15.9 Å². The molecule has 0 atom stereocenters. The van der Waals surface area contributed by atoms with Crippen LogP contribution < -0.4 is 4.74 Å². The Labute approximate surface area is 129 Å². The largest absolute Gasteiger partial charge is 0.487 e. The van der Waals surface area contributed by atoms with Crippen LogP contribution in [0.3, 0.4) is 0 Å². The van der Waals surface area contributed by atoms with Crippen LogP contribution >= 0.6 is 15.9 Å². The molecular weight excluding hydrogens is 316 g/mol. The number of rotatable bonds is 5. The van der Waals surface area contributed by atoms with Crippen molar-refractivity contribution in [3.05, 3.63) is 45.7 Å². The monoisotopic (exact) mass is 336 g/mol. The lowest BCUT2D eigenvalue weighted by atomic mass is 10.0. The minimum atomic E-state index is 0.508. The van der Waals surface area contributed by atoms with E-state index in [9.17, 15) is 0 Å². The lowest BCUT2D eigenvalue weighted by molar-refractivity contribution is 0.291. The molecule has 1 heterocycles. The summed E-state index contributed by atoms with van der Waals surface area (Å²) in [6.07, 6.45) is 0. The number of benzene rings is 1. The first-order valence-corrected chi connectivity index (χ1v) is 7.76. The number of aromatic nitrogens is 2. The van der Waals surface area contributed by atoms with Crippen LogP contribution in [0.5, 0.6) is 5.75 Å². The zero-order valence-corrected chi connectivity index (χ0v) is 14.1.